The lowest BCUT2D eigenvalue weighted by Crippen LogP contribution is -2.06. The van der Waals surface area contributed by atoms with Gasteiger partial charge in [0.25, 0.3) is 5.91 Å². The Kier molecular flexibility index (Phi) is 4.98. The van der Waals surface area contributed by atoms with Gasteiger partial charge in [0.15, 0.2) is 0 Å². The number of amides is 1. The Morgan fingerprint density at radius 3 is 2.54 bits per heavy atom. The Balaban J connectivity index is 1.92. The predicted octanol–water partition coefficient (Wildman–Crippen LogP) is 3.59. The summed E-state index contributed by atoms with van der Waals surface area (Å²) < 4.78 is 72.0. The second-order valence-corrected chi connectivity index (χ2v) is 7.69. The minimum absolute atomic E-state index is 0.0759. The molecule has 1 amide bonds. The molecule has 0 bridgehead atoms. The van der Waals surface area contributed by atoms with Gasteiger partial charge in [-0.1, -0.05) is 11.2 Å². The molecule has 0 N–H and O–H groups in total. The van der Waals surface area contributed by atoms with Gasteiger partial charge in [-0.3, -0.25) is 4.79 Å². The standard InChI is InChI=1S/C16H10F4N4O3S/c1-28(26,12-4-2-3-7-21-12)24-14(25)9-5-6-10(11(17)8-9)13-22-15(27-23-13)16(18,19)20/h2-8H,1H3. The van der Waals surface area contributed by atoms with Gasteiger partial charge in [-0.25, -0.2) is 13.6 Å². The molecule has 3 aromatic rings. The predicted molar refractivity (Wildman–Crippen MR) is 88.0 cm³/mol. The van der Waals surface area contributed by atoms with E-state index in [0.717, 1.165) is 18.2 Å². The van der Waals surface area contributed by atoms with Gasteiger partial charge in [-0.2, -0.15) is 22.5 Å². The van der Waals surface area contributed by atoms with Crippen molar-refractivity contribution in [1.29, 1.82) is 0 Å². The van der Waals surface area contributed by atoms with E-state index in [9.17, 15) is 26.6 Å². The van der Waals surface area contributed by atoms with Crippen molar-refractivity contribution >= 4 is 15.6 Å². The Hall–Kier alpha value is -3.15. The highest BCUT2D eigenvalue weighted by molar-refractivity contribution is 7.93. The van der Waals surface area contributed by atoms with Gasteiger partial charge >= 0.3 is 12.1 Å². The van der Waals surface area contributed by atoms with Crippen LogP contribution in [0.1, 0.15) is 16.2 Å². The van der Waals surface area contributed by atoms with E-state index < -0.39 is 44.9 Å². The molecular weight excluding hydrogens is 404 g/mol. The van der Waals surface area contributed by atoms with E-state index in [0.29, 0.717) is 0 Å². The molecule has 2 heterocycles. The Bertz CT molecular complexity index is 1150. The molecule has 0 saturated heterocycles. The molecule has 1 unspecified atom stereocenters. The first-order valence-electron chi connectivity index (χ1n) is 7.46. The van der Waals surface area contributed by atoms with Crippen LogP contribution in [0.2, 0.25) is 0 Å². The van der Waals surface area contributed by atoms with Crippen molar-refractivity contribution in [3.8, 4) is 11.4 Å². The zero-order valence-electron chi connectivity index (χ0n) is 14.0. The summed E-state index contributed by atoms with van der Waals surface area (Å²) in [6.07, 6.45) is -2.29. The molecule has 0 radical (unpaired) electrons. The number of carbonyl (C=O) groups excluding carboxylic acids is 1. The van der Waals surface area contributed by atoms with Gasteiger partial charge in [0.05, 0.1) is 15.3 Å². The maximum atomic E-state index is 14.3. The molecule has 1 aromatic carbocycles. The summed E-state index contributed by atoms with van der Waals surface area (Å²) >= 11 is 0. The third kappa shape index (κ3) is 4.06. The normalized spacial score (nSPS) is 13.8. The molecule has 7 nitrogen and oxygen atoms in total. The highest BCUT2D eigenvalue weighted by atomic mass is 32.2. The number of pyridine rings is 1. The third-order valence-corrected chi connectivity index (χ3v) is 4.94. The number of hydrogen-bond donors (Lipinski definition) is 0. The Morgan fingerprint density at radius 2 is 1.96 bits per heavy atom. The molecule has 12 heteroatoms. The van der Waals surface area contributed by atoms with Gasteiger partial charge in [-0.05, 0) is 30.3 Å². The van der Waals surface area contributed by atoms with E-state index in [-0.39, 0.29) is 10.6 Å². The summed E-state index contributed by atoms with van der Waals surface area (Å²) in [5, 5.41) is 3.15. The number of rotatable bonds is 3. The van der Waals surface area contributed by atoms with Gasteiger partial charge in [-0.15, -0.1) is 0 Å². The van der Waals surface area contributed by atoms with Crippen molar-refractivity contribution < 1.29 is 31.1 Å². The summed E-state index contributed by atoms with van der Waals surface area (Å²) in [6.45, 7) is 0. The van der Waals surface area contributed by atoms with E-state index >= 15 is 0 Å². The average Bonchev–Trinajstić information content (AvgIpc) is 3.12. The van der Waals surface area contributed by atoms with E-state index in [4.69, 9.17) is 0 Å². The van der Waals surface area contributed by atoms with E-state index in [2.05, 4.69) is 24.0 Å². The molecule has 2 aromatic heterocycles. The number of carbonyl (C=O) groups is 1. The molecule has 0 saturated carbocycles. The first-order valence-corrected chi connectivity index (χ1v) is 9.38. The maximum absolute atomic E-state index is 14.3. The molecule has 3 rings (SSSR count). The van der Waals surface area contributed by atoms with Crippen LogP contribution in [0.15, 0.2) is 56.5 Å². The number of benzene rings is 1. The second kappa shape index (κ2) is 7.11. The van der Waals surface area contributed by atoms with Crippen molar-refractivity contribution in [2.75, 3.05) is 6.26 Å². The minimum atomic E-state index is -4.87. The molecule has 146 valence electrons. The molecule has 0 aliphatic carbocycles. The van der Waals surface area contributed by atoms with Crippen LogP contribution in [-0.4, -0.2) is 31.5 Å². The van der Waals surface area contributed by atoms with Crippen LogP contribution >= 0.6 is 0 Å². The molecule has 0 spiro atoms. The topological polar surface area (TPSA) is 98.3 Å². The first-order chi connectivity index (χ1) is 13.1. The lowest BCUT2D eigenvalue weighted by molar-refractivity contribution is -0.159. The highest BCUT2D eigenvalue weighted by Gasteiger charge is 2.38. The van der Waals surface area contributed by atoms with Gasteiger partial charge in [0.2, 0.25) is 5.82 Å². The molecule has 0 aliphatic heterocycles. The van der Waals surface area contributed by atoms with Crippen LogP contribution in [-0.2, 0) is 15.9 Å². The summed E-state index contributed by atoms with van der Waals surface area (Å²) in [4.78, 5) is 19.2. The third-order valence-electron chi connectivity index (χ3n) is 3.41. The van der Waals surface area contributed by atoms with E-state index in [1.807, 2.05) is 0 Å². The Labute approximate surface area is 155 Å². The number of aromatic nitrogens is 3. The zero-order valence-corrected chi connectivity index (χ0v) is 14.8. The van der Waals surface area contributed by atoms with Crippen LogP contribution in [0.3, 0.4) is 0 Å². The summed E-state index contributed by atoms with van der Waals surface area (Å²) in [7, 11) is -3.17. The Morgan fingerprint density at radius 1 is 1.21 bits per heavy atom. The van der Waals surface area contributed by atoms with Crippen molar-refractivity contribution in [2.24, 2.45) is 4.36 Å². The number of hydrogen-bond acceptors (Lipinski definition) is 6. The molecule has 0 aliphatic rings. The van der Waals surface area contributed by atoms with Crippen molar-refractivity contribution in [1.82, 2.24) is 15.1 Å². The number of nitrogens with zero attached hydrogens (tertiary/aromatic N) is 4. The summed E-state index contributed by atoms with van der Waals surface area (Å²) in [5.41, 5.74) is -0.663. The van der Waals surface area contributed by atoms with Gasteiger partial charge < -0.3 is 4.52 Å². The molecule has 1 atom stereocenters. The summed E-state index contributed by atoms with van der Waals surface area (Å²) in [6, 6.07) is 7.43. The van der Waals surface area contributed by atoms with Crippen molar-refractivity contribution in [3.05, 3.63) is 59.9 Å². The summed E-state index contributed by atoms with van der Waals surface area (Å²) in [5.74, 6) is -4.31. The zero-order chi connectivity index (χ0) is 20.5. The second-order valence-electron chi connectivity index (χ2n) is 5.48. The first kappa shape index (κ1) is 19.6. The smallest absolute Gasteiger partial charge is 0.329 e. The minimum Gasteiger partial charge on any atom is -0.329 e. The van der Waals surface area contributed by atoms with Crippen molar-refractivity contribution in [3.63, 3.8) is 0 Å². The fraction of sp³-hybridized carbons (Fsp3) is 0.125. The number of halogens is 4. The van der Waals surface area contributed by atoms with Gasteiger partial charge in [0, 0.05) is 18.0 Å². The molecule has 0 fully saturated rings. The highest BCUT2D eigenvalue weighted by Crippen LogP contribution is 2.30. The molecule has 28 heavy (non-hydrogen) atoms. The van der Waals surface area contributed by atoms with Crippen LogP contribution in [0.5, 0.6) is 0 Å². The van der Waals surface area contributed by atoms with Crippen molar-refractivity contribution in [2.45, 2.75) is 11.2 Å². The van der Waals surface area contributed by atoms with E-state index in [1.54, 1.807) is 12.1 Å². The lowest BCUT2D eigenvalue weighted by Gasteiger charge is -2.04. The van der Waals surface area contributed by atoms with Crippen LogP contribution in [0.25, 0.3) is 11.4 Å². The van der Waals surface area contributed by atoms with Crippen LogP contribution in [0, 0.1) is 5.82 Å². The maximum Gasteiger partial charge on any atom is 0.471 e. The van der Waals surface area contributed by atoms with Gasteiger partial charge in [0.1, 0.15) is 10.8 Å². The monoisotopic (exact) mass is 414 g/mol. The fourth-order valence-corrected chi connectivity index (χ4v) is 3.21. The largest absolute Gasteiger partial charge is 0.471 e. The SMILES string of the molecule is CS(=O)(=NC(=O)c1ccc(-c2noc(C(F)(F)F)n2)c(F)c1)c1ccccn1. The number of alkyl halides is 3. The molecular formula is C16H10F4N4O3S. The lowest BCUT2D eigenvalue weighted by atomic mass is 10.1. The average molecular weight is 414 g/mol. The van der Waals surface area contributed by atoms with Crippen LogP contribution < -0.4 is 0 Å². The van der Waals surface area contributed by atoms with E-state index in [1.165, 1.54) is 18.5 Å². The fourth-order valence-electron chi connectivity index (χ4n) is 2.11. The quantitative estimate of drug-likeness (QED) is 0.608. The van der Waals surface area contributed by atoms with Crippen LogP contribution in [0.4, 0.5) is 17.6 Å².